The van der Waals surface area contributed by atoms with Gasteiger partial charge in [0, 0.05) is 39.3 Å². The topological polar surface area (TPSA) is 58.1 Å². The van der Waals surface area contributed by atoms with Crippen molar-refractivity contribution in [1.82, 2.24) is 15.5 Å². The third-order valence-corrected chi connectivity index (χ3v) is 5.58. The van der Waals surface area contributed by atoms with Crippen molar-refractivity contribution in [1.29, 1.82) is 0 Å². The van der Waals surface area contributed by atoms with Crippen LogP contribution < -0.4 is 15.4 Å². The van der Waals surface area contributed by atoms with Crippen molar-refractivity contribution in [3.8, 4) is 5.75 Å². The van der Waals surface area contributed by atoms with Gasteiger partial charge in [-0.3, -0.25) is 4.99 Å². The summed E-state index contributed by atoms with van der Waals surface area (Å²) < 4.78 is 11.5. The quantitative estimate of drug-likeness (QED) is 0.555. The van der Waals surface area contributed by atoms with E-state index in [0.29, 0.717) is 12.6 Å². The van der Waals surface area contributed by atoms with Crippen LogP contribution in [0.2, 0.25) is 0 Å². The molecule has 2 N–H and O–H groups in total. The minimum Gasteiger partial charge on any atom is -0.489 e. The van der Waals surface area contributed by atoms with Crippen LogP contribution in [0.15, 0.2) is 29.3 Å². The molecular formula is C22H36N4O2. The van der Waals surface area contributed by atoms with Gasteiger partial charge in [0.1, 0.15) is 11.9 Å². The van der Waals surface area contributed by atoms with Crippen LogP contribution in [-0.4, -0.2) is 69.4 Å². The Balaban J connectivity index is 1.35. The summed E-state index contributed by atoms with van der Waals surface area (Å²) in [4.78, 5) is 6.97. The number of hydrogen-bond acceptors (Lipinski definition) is 4. The van der Waals surface area contributed by atoms with Gasteiger partial charge in [-0.15, -0.1) is 0 Å². The van der Waals surface area contributed by atoms with Crippen LogP contribution >= 0.6 is 0 Å². The molecule has 2 saturated heterocycles. The molecule has 156 valence electrons. The first-order valence-electron chi connectivity index (χ1n) is 10.6. The van der Waals surface area contributed by atoms with Gasteiger partial charge in [-0.1, -0.05) is 12.1 Å². The van der Waals surface area contributed by atoms with E-state index in [9.17, 15) is 0 Å². The third kappa shape index (κ3) is 6.67. The Kier molecular flexibility index (Phi) is 7.98. The fourth-order valence-electron chi connectivity index (χ4n) is 3.94. The van der Waals surface area contributed by atoms with Gasteiger partial charge in [-0.25, -0.2) is 0 Å². The van der Waals surface area contributed by atoms with Gasteiger partial charge in [0.05, 0.1) is 13.2 Å². The molecule has 2 heterocycles. The molecule has 2 unspecified atom stereocenters. The molecule has 1 aromatic carbocycles. The number of nitrogens with one attached hydrogen (secondary N) is 2. The number of ether oxygens (including phenoxy) is 2. The largest absolute Gasteiger partial charge is 0.489 e. The molecule has 0 saturated carbocycles. The monoisotopic (exact) mass is 388 g/mol. The predicted octanol–water partition coefficient (Wildman–Crippen LogP) is 2.43. The van der Waals surface area contributed by atoms with Crippen LogP contribution in [0.4, 0.5) is 0 Å². The Labute approximate surface area is 169 Å². The molecule has 0 radical (unpaired) electrons. The first kappa shape index (κ1) is 20.9. The molecule has 0 spiro atoms. The molecule has 0 aromatic heterocycles. The summed E-state index contributed by atoms with van der Waals surface area (Å²) in [7, 11) is 1.83. The Morgan fingerprint density at radius 2 is 2.14 bits per heavy atom. The molecule has 28 heavy (non-hydrogen) atoms. The molecule has 0 bridgehead atoms. The maximum atomic E-state index is 6.00. The van der Waals surface area contributed by atoms with E-state index in [1.807, 2.05) is 19.2 Å². The summed E-state index contributed by atoms with van der Waals surface area (Å²) in [6.07, 6.45) is 3.60. The highest BCUT2D eigenvalue weighted by Gasteiger charge is 2.24. The number of benzene rings is 1. The Bertz CT molecular complexity index is 623. The minimum atomic E-state index is 0.0656. The zero-order chi connectivity index (χ0) is 19.8. The first-order valence-corrected chi connectivity index (χ1v) is 10.6. The number of rotatable bonds is 7. The number of piperidine rings is 1. The van der Waals surface area contributed by atoms with E-state index in [1.54, 1.807) is 0 Å². The van der Waals surface area contributed by atoms with E-state index in [1.165, 1.54) is 18.5 Å². The van der Waals surface area contributed by atoms with Gasteiger partial charge in [-0.2, -0.15) is 0 Å². The summed E-state index contributed by atoms with van der Waals surface area (Å²) in [5.41, 5.74) is 1.21. The smallest absolute Gasteiger partial charge is 0.191 e. The molecule has 2 aliphatic rings. The number of guanidine groups is 1. The molecule has 2 atom stereocenters. The van der Waals surface area contributed by atoms with E-state index in [-0.39, 0.29) is 6.10 Å². The van der Waals surface area contributed by atoms with E-state index >= 15 is 0 Å². The maximum absolute atomic E-state index is 6.00. The van der Waals surface area contributed by atoms with Crippen molar-refractivity contribution < 1.29 is 9.47 Å². The number of likely N-dealkylation sites (tertiary alicyclic amines) is 1. The highest BCUT2D eigenvalue weighted by Crippen LogP contribution is 2.18. The lowest BCUT2D eigenvalue weighted by molar-refractivity contribution is 0.150. The number of aryl methyl sites for hydroxylation is 1. The summed E-state index contributed by atoms with van der Waals surface area (Å²) in [6, 6.07) is 8.65. The molecular weight excluding hydrogens is 352 g/mol. The SMILES string of the molecule is CN=C(NCC(C)Oc1cccc(C)c1)NC1CCN(CC2CCOC2)CC1. The molecule has 2 aliphatic heterocycles. The highest BCUT2D eigenvalue weighted by atomic mass is 16.5. The molecule has 0 aliphatic carbocycles. The van der Waals surface area contributed by atoms with E-state index in [4.69, 9.17) is 9.47 Å². The van der Waals surface area contributed by atoms with Gasteiger partial charge >= 0.3 is 0 Å². The fraction of sp³-hybridized carbons (Fsp3) is 0.682. The summed E-state index contributed by atoms with van der Waals surface area (Å²) in [5.74, 6) is 2.51. The highest BCUT2D eigenvalue weighted by molar-refractivity contribution is 5.80. The standard InChI is InChI=1S/C22H36N4O2/c1-17-5-4-6-21(13-17)28-18(2)14-24-22(23-3)25-20-7-10-26(11-8-20)15-19-9-12-27-16-19/h4-6,13,18-20H,7-12,14-16H2,1-3H3,(H2,23,24,25). The zero-order valence-corrected chi connectivity index (χ0v) is 17.6. The van der Waals surface area contributed by atoms with Crippen LogP contribution in [0.1, 0.15) is 31.7 Å². The lowest BCUT2D eigenvalue weighted by Crippen LogP contribution is -2.50. The first-order chi connectivity index (χ1) is 13.6. The molecule has 0 amide bonds. The molecule has 3 rings (SSSR count). The summed E-state index contributed by atoms with van der Waals surface area (Å²) in [6.45, 7) is 10.2. The maximum Gasteiger partial charge on any atom is 0.191 e. The molecule has 2 fully saturated rings. The average Bonchev–Trinajstić information content (AvgIpc) is 3.19. The summed E-state index contributed by atoms with van der Waals surface area (Å²) >= 11 is 0. The molecule has 1 aromatic rings. The van der Waals surface area contributed by atoms with Crippen molar-refractivity contribution in [3.63, 3.8) is 0 Å². The third-order valence-electron chi connectivity index (χ3n) is 5.58. The van der Waals surface area contributed by atoms with Crippen LogP contribution in [0, 0.1) is 12.8 Å². The fourth-order valence-corrected chi connectivity index (χ4v) is 3.94. The molecule has 6 nitrogen and oxygen atoms in total. The Morgan fingerprint density at radius 1 is 1.32 bits per heavy atom. The van der Waals surface area contributed by atoms with Gasteiger partial charge in [0.2, 0.25) is 0 Å². The van der Waals surface area contributed by atoms with E-state index < -0.39 is 0 Å². The number of hydrogen-bond donors (Lipinski definition) is 2. The van der Waals surface area contributed by atoms with Crippen LogP contribution in [0.3, 0.4) is 0 Å². The lowest BCUT2D eigenvalue weighted by atomic mass is 10.0. The van der Waals surface area contributed by atoms with Gasteiger partial charge in [0.15, 0.2) is 5.96 Å². The number of nitrogens with zero attached hydrogens (tertiary/aromatic N) is 2. The van der Waals surface area contributed by atoms with E-state index in [0.717, 1.165) is 56.8 Å². The second kappa shape index (κ2) is 10.7. The molecule has 6 heteroatoms. The minimum absolute atomic E-state index is 0.0656. The van der Waals surface area contributed by atoms with Gasteiger partial charge in [0.25, 0.3) is 0 Å². The Morgan fingerprint density at radius 3 is 2.82 bits per heavy atom. The normalized spacial score (nSPS) is 22.8. The van der Waals surface area contributed by atoms with Crippen LogP contribution in [0.5, 0.6) is 5.75 Å². The zero-order valence-electron chi connectivity index (χ0n) is 17.6. The summed E-state index contributed by atoms with van der Waals surface area (Å²) in [5, 5.41) is 6.99. The second-order valence-corrected chi connectivity index (χ2v) is 8.15. The predicted molar refractivity (Wildman–Crippen MR) is 114 cm³/mol. The van der Waals surface area contributed by atoms with Crippen LogP contribution in [-0.2, 0) is 4.74 Å². The van der Waals surface area contributed by atoms with Crippen molar-refractivity contribution in [3.05, 3.63) is 29.8 Å². The van der Waals surface area contributed by atoms with Gasteiger partial charge < -0.3 is 25.0 Å². The Hall–Kier alpha value is -1.79. The van der Waals surface area contributed by atoms with Crippen molar-refractivity contribution in [2.24, 2.45) is 10.9 Å². The number of aliphatic imine (C=N–C) groups is 1. The average molecular weight is 389 g/mol. The van der Waals surface area contributed by atoms with Gasteiger partial charge in [-0.05, 0) is 56.7 Å². The second-order valence-electron chi connectivity index (χ2n) is 8.15. The van der Waals surface area contributed by atoms with Crippen molar-refractivity contribution >= 4 is 5.96 Å². The van der Waals surface area contributed by atoms with E-state index in [2.05, 4.69) is 46.5 Å². The van der Waals surface area contributed by atoms with Crippen molar-refractivity contribution in [2.75, 3.05) is 46.4 Å². The lowest BCUT2D eigenvalue weighted by Gasteiger charge is -2.34. The van der Waals surface area contributed by atoms with Crippen molar-refractivity contribution in [2.45, 2.75) is 45.3 Å². The van der Waals surface area contributed by atoms with Crippen LogP contribution in [0.25, 0.3) is 0 Å².